The van der Waals surface area contributed by atoms with Crippen LogP contribution in [0.3, 0.4) is 0 Å². The molecule has 2 rings (SSSR count). The molecule has 0 aromatic carbocycles. The van der Waals surface area contributed by atoms with Crippen LogP contribution in [0.1, 0.15) is 31.9 Å². The minimum absolute atomic E-state index is 0.685. The van der Waals surface area contributed by atoms with Crippen molar-refractivity contribution < 1.29 is 0 Å². The van der Waals surface area contributed by atoms with Crippen LogP contribution in [0.15, 0.2) is 5.38 Å². The average Bonchev–Trinajstić information content (AvgIpc) is 2.55. The summed E-state index contributed by atoms with van der Waals surface area (Å²) < 4.78 is 0. The van der Waals surface area contributed by atoms with Crippen LogP contribution in [0.2, 0.25) is 0 Å². The number of aromatic nitrogens is 1. The Kier molecular flexibility index (Phi) is 3.59. The number of hydrogen-bond donors (Lipinski definition) is 1. The van der Waals surface area contributed by atoms with Crippen molar-refractivity contribution in [1.29, 1.82) is 0 Å². The normalized spacial score (nSPS) is 16.9. The molecule has 0 aliphatic heterocycles. The summed E-state index contributed by atoms with van der Waals surface area (Å²) in [5.41, 5.74) is 6.75. The van der Waals surface area contributed by atoms with Gasteiger partial charge in [-0.3, -0.25) is 4.90 Å². The first-order valence-electron chi connectivity index (χ1n) is 5.70. The van der Waals surface area contributed by atoms with Gasteiger partial charge in [0, 0.05) is 18.5 Å². The fourth-order valence-electron chi connectivity index (χ4n) is 1.97. The highest BCUT2D eigenvalue weighted by Gasteiger charge is 2.20. The Bertz CT molecular complexity index is 307. The molecule has 84 valence electrons. The van der Waals surface area contributed by atoms with Crippen LogP contribution >= 0.6 is 11.3 Å². The van der Waals surface area contributed by atoms with Gasteiger partial charge in [-0.1, -0.05) is 13.3 Å². The summed E-state index contributed by atoms with van der Waals surface area (Å²) in [7, 11) is 0. The van der Waals surface area contributed by atoms with Crippen LogP contribution in [0.5, 0.6) is 0 Å². The molecule has 15 heavy (non-hydrogen) atoms. The Hall–Kier alpha value is -0.610. The third-order valence-electron chi connectivity index (χ3n) is 3.14. The van der Waals surface area contributed by atoms with Crippen molar-refractivity contribution in [2.24, 2.45) is 5.92 Å². The zero-order valence-corrected chi connectivity index (χ0v) is 10.1. The molecule has 0 unspecified atom stereocenters. The van der Waals surface area contributed by atoms with Crippen molar-refractivity contribution in [2.45, 2.75) is 32.7 Å². The van der Waals surface area contributed by atoms with E-state index in [0.29, 0.717) is 5.13 Å². The molecule has 1 aliphatic rings. The molecule has 0 atom stereocenters. The molecule has 0 saturated heterocycles. The average molecular weight is 225 g/mol. The lowest BCUT2D eigenvalue weighted by Crippen LogP contribution is -2.32. The first-order chi connectivity index (χ1) is 7.28. The van der Waals surface area contributed by atoms with E-state index < -0.39 is 0 Å². The van der Waals surface area contributed by atoms with E-state index in [1.54, 1.807) is 0 Å². The number of hydrogen-bond acceptors (Lipinski definition) is 4. The standard InChI is InChI=1S/C11H19N3S/c1-2-14(6-9-4-3-5-9)7-10-8-15-11(12)13-10/h8-9H,2-7H2,1H3,(H2,12,13). The molecule has 4 heteroatoms. The molecule has 1 saturated carbocycles. The minimum Gasteiger partial charge on any atom is -0.375 e. The van der Waals surface area contributed by atoms with Gasteiger partial charge in [-0.2, -0.15) is 0 Å². The van der Waals surface area contributed by atoms with Crippen molar-refractivity contribution in [3.8, 4) is 0 Å². The van der Waals surface area contributed by atoms with Crippen LogP contribution in [-0.2, 0) is 6.54 Å². The molecule has 0 amide bonds. The summed E-state index contributed by atoms with van der Waals surface area (Å²) in [6.07, 6.45) is 4.25. The second kappa shape index (κ2) is 4.94. The van der Waals surface area contributed by atoms with Crippen LogP contribution < -0.4 is 5.73 Å². The maximum Gasteiger partial charge on any atom is 0.180 e. The van der Waals surface area contributed by atoms with E-state index in [4.69, 9.17) is 5.73 Å². The first kappa shape index (κ1) is 10.9. The highest BCUT2D eigenvalue weighted by Crippen LogP contribution is 2.27. The van der Waals surface area contributed by atoms with E-state index in [1.165, 1.54) is 37.1 Å². The van der Waals surface area contributed by atoms with E-state index in [-0.39, 0.29) is 0 Å². The molecule has 0 radical (unpaired) electrons. The predicted octanol–water partition coefficient (Wildman–Crippen LogP) is 2.35. The fourth-order valence-corrected chi connectivity index (χ4v) is 2.52. The zero-order chi connectivity index (χ0) is 10.7. The predicted molar refractivity (Wildman–Crippen MR) is 64.8 cm³/mol. The third kappa shape index (κ3) is 2.92. The topological polar surface area (TPSA) is 42.1 Å². The largest absolute Gasteiger partial charge is 0.375 e. The van der Waals surface area contributed by atoms with Crippen LogP contribution in [0.25, 0.3) is 0 Å². The maximum atomic E-state index is 5.62. The first-order valence-corrected chi connectivity index (χ1v) is 6.58. The lowest BCUT2D eigenvalue weighted by Gasteiger charge is -2.31. The van der Waals surface area contributed by atoms with E-state index >= 15 is 0 Å². The number of thiazole rings is 1. The maximum absolute atomic E-state index is 5.62. The van der Waals surface area contributed by atoms with E-state index in [9.17, 15) is 0 Å². The Balaban J connectivity index is 1.84. The molecule has 1 fully saturated rings. The van der Waals surface area contributed by atoms with Crippen molar-refractivity contribution in [3.63, 3.8) is 0 Å². The quantitative estimate of drug-likeness (QED) is 0.836. The molecular formula is C11H19N3S. The summed E-state index contributed by atoms with van der Waals surface area (Å²) in [5, 5.41) is 2.75. The van der Waals surface area contributed by atoms with E-state index in [1.807, 2.05) is 0 Å². The van der Waals surface area contributed by atoms with Crippen LogP contribution in [0.4, 0.5) is 5.13 Å². The van der Waals surface area contributed by atoms with E-state index in [2.05, 4.69) is 22.2 Å². The van der Waals surface area contributed by atoms with Crippen LogP contribution in [0, 0.1) is 5.92 Å². The molecule has 2 N–H and O–H groups in total. The van der Waals surface area contributed by atoms with Crippen molar-refractivity contribution >= 4 is 16.5 Å². The summed E-state index contributed by atoms with van der Waals surface area (Å²) in [4.78, 5) is 6.77. The van der Waals surface area contributed by atoms with Crippen LogP contribution in [-0.4, -0.2) is 23.0 Å². The highest BCUT2D eigenvalue weighted by molar-refractivity contribution is 7.13. The molecule has 1 aromatic heterocycles. The van der Waals surface area contributed by atoms with Gasteiger partial charge in [-0.15, -0.1) is 11.3 Å². The minimum atomic E-state index is 0.685. The smallest absolute Gasteiger partial charge is 0.180 e. The molecule has 1 heterocycles. The van der Waals surface area contributed by atoms with Crippen molar-refractivity contribution in [1.82, 2.24) is 9.88 Å². The van der Waals surface area contributed by atoms with Crippen molar-refractivity contribution in [3.05, 3.63) is 11.1 Å². The lowest BCUT2D eigenvalue weighted by atomic mass is 9.85. The second-order valence-corrected chi connectivity index (χ2v) is 5.19. The van der Waals surface area contributed by atoms with Gasteiger partial charge in [0.2, 0.25) is 0 Å². The summed E-state index contributed by atoms with van der Waals surface area (Å²) in [6.45, 7) is 5.51. The van der Waals surface area contributed by atoms with Gasteiger partial charge in [0.15, 0.2) is 5.13 Å². The monoisotopic (exact) mass is 225 g/mol. The Morgan fingerprint density at radius 2 is 2.40 bits per heavy atom. The summed E-state index contributed by atoms with van der Waals surface area (Å²) >= 11 is 1.54. The number of nitrogen functional groups attached to an aromatic ring is 1. The van der Waals surface area contributed by atoms with Gasteiger partial charge in [-0.05, 0) is 25.3 Å². The van der Waals surface area contributed by atoms with Crippen molar-refractivity contribution in [2.75, 3.05) is 18.8 Å². The molecule has 0 bridgehead atoms. The highest BCUT2D eigenvalue weighted by atomic mass is 32.1. The lowest BCUT2D eigenvalue weighted by molar-refractivity contribution is 0.177. The third-order valence-corrected chi connectivity index (χ3v) is 3.87. The van der Waals surface area contributed by atoms with Gasteiger partial charge in [0.1, 0.15) is 0 Å². The molecule has 3 nitrogen and oxygen atoms in total. The number of rotatable bonds is 5. The number of nitrogens with zero attached hydrogens (tertiary/aromatic N) is 2. The fraction of sp³-hybridized carbons (Fsp3) is 0.727. The summed E-state index contributed by atoms with van der Waals surface area (Å²) in [5.74, 6) is 0.931. The van der Waals surface area contributed by atoms with Gasteiger partial charge in [0.25, 0.3) is 0 Å². The number of nitrogens with two attached hydrogens (primary N) is 1. The molecular weight excluding hydrogens is 206 g/mol. The molecule has 0 spiro atoms. The molecule has 1 aromatic rings. The zero-order valence-electron chi connectivity index (χ0n) is 9.28. The van der Waals surface area contributed by atoms with Gasteiger partial charge < -0.3 is 5.73 Å². The second-order valence-electron chi connectivity index (χ2n) is 4.30. The van der Waals surface area contributed by atoms with E-state index in [0.717, 1.165) is 24.7 Å². The number of anilines is 1. The summed E-state index contributed by atoms with van der Waals surface area (Å²) in [6, 6.07) is 0. The Morgan fingerprint density at radius 3 is 2.87 bits per heavy atom. The Labute approximate surface area is 95.3 Å². The van der Waals surface area contributed by atoms with Gasteiger partial charge in [0.05, 0.1) is 5.69 Å². The van der Waals surface area contributed by atoms with Gasteiger partial charge in [-0.25, -0.2) is 4.98 Å². The Morgan fingerprint density at radius 1 is 1.60 bits per heavy atom. The molecule has 1 aliphatic carbocycles. The van der Waals surface area contributed by atoms with Gasteiger partial charge >= 0.3 is 0 Å². The SMILES string of the molecule is CCN(Cc1csc(N)n1)CC1CCC1.